The Labute approximate surface area is 149 Å². The van der Waals surface area contributed by atoms with Gasteiger partial charge in [0.25, 0.3) is 5.88 Å². The lowest BCUT2D eigenvalue weighted by Gasteiger charge is -2.34. The van der Waals surface area contributed by atoms with Crippen LogP contribution in [-0.2, 0) is 6.61 Å². The van der Waals surface area contributed by atoms with Crippen LogP contribution in [0.4, 0.5) is 11.8 Å². The fourth-order valence-corrected chi connectivity index (χ4v) is 3.18. The quantitative estimate of drug-likeness (QED) is 0.683. The molecule has 25 heavy (non-hydrogen) atoms. The van der Waals surface area contributed by atoms with E-state index in [1.54, 1.807) is 24.8 Å². The van der Waals surface area contributed by atoms with Crippen molar-refractivity contribution in [2.45, 2.75) is 6.61 Å². The fraction of sp³-hybridized carbons (Fsp3) is 0.312. The van der Waals surface area contributed by atoms with Gasteiger partial charge in [-0.2, -0.15) is 4.37 Å². The highest BCUT2D eigenvalue weighted by Gasteiger charge is 2.24. The van der Waals surface area contributed by atoms with Crippen molar-refractivity contribution in [1.29, 1.82) is 0 Å². The summed E-state index contributed by atoms with van der Waals surface area (Å²) in [4.78, 5) is 17.0. The first-order chi connectivity index (χ1) is 12.4. The Kier molecular flexibility index (Phi) is 4.64. The minimum Gasteiger partial charge on any atom is -0.470 e. The number of rotatable bonds is 5. The minimum absolute atomic E-state index is 0.457. The Morgan fingerprint density at radius 1 is 0.920 bits per heavy atom. The van der Waals surface area contributed by atoms with Gasteiger partial charge >= 0.3 is 0 Å². The van der Waals surface area contributed by atoms with Crippen molar-refractivity contribution in [3.63, 3.8) is 0 Å². The third-order valence-electron chi connectivity index (χ3n) is 3.98. The second-order valence-electron chi connectivity index (χ2n) is 5.56. The van der Waals surface area contributed by atoms with Crippen LogP contribution in [0.15, 0.2) is 43.0 Å². The number of hydrogen-bond donors (Lipinski definition) is 0. The standard InChI is InChI=1S/C16H17N7OS/c1-4-18-16(19-5-1)23-10-8-22(9-11-23)14-15(21-25-20-14)24-12-13-2-6-17-7-3-13/h1-7H,8-12H2. The Morgan fingerprint density at radius 2 is 1.64 bits per heavy atom. The Hall–Kier alpha value is -2.81. The van der Waals surface area contributed by atoms with Crippen molar-refractivity contribution in [1.82, 2.24) is 23.7 Å². The molecule has 0 radical (unpaired) electrons. The van der Waals surface area contributed by atoms with Crippen molar-refractivity contribution in [2.24, 2.45) is 0 Å². The summed E-state index contributed by atoms with van der Waals surface area (Å²) in [5.41, 5.74) is 1.06. The molecule has 128 valence electrons. The number of hydrogen-bond acceptors (Lipinski definition) is 9. The van der Waals surface area contributed by atoms with E-state index in [0.29, 0.717) is 12.5 Å². The highest BCUT2D eigenvalue weighted by Crippen LogP contribution is 2.27. The van der Waals surface area contributed by atoms with Crippen LogP contribution in [0, 0.1) is 0 Å². The Morgan fingerprint density at radius 3 is 2.40 bits per heavy atom. The van der Waals surface area contributed by atoms with Crippen LogP contribution in [0.2, 0.25) is 0 Å². The van der Waals surface area contributed by atoms with Crippen molar-refractivity contribution in [2.75, 3.05) is 36.0 Å². The lowest BCUT2D eigenvalue weighted by molar-refractivity contribution is 0.296. The number of pyridine rings is 1. The van der Waals surface area contributed by atoms with Crippen LogP contribution < -0.4 is 14.5 Å². The zero-order valence-electron chi connectivity index (χ0n) is 13.5. The average molecular weight is 355 g/mol. The monoisotopic (exact) mass is 355 g/mol. The molecule has 1 saturated heterocycles. The van der Waals surface area contributed by atoms with Gasteiger partial charge in [-0.25, -0.2) is 9.97 Å². The molecule has 4 rings (SSSR count). The molecule has 0 aliphatic carbocycles. The molecule has 0 atom stereocenters. The molecule has 1 fully saturated rings. The van der Waals surface area contributed by atoms with Gasteiger partial charge in [0.15, 0.2) is 0 Å². The summed E-state index contributed by atoms with van der Waals surface area (Å²) in [7, 11) is 0. The first kappa shape index (κ1) is 15.7. The molecule has 0 bridgehead atoms. The van der Waals surface area contributed by atoms with Crippen molar-refractivity contribution < 1.29 is 4.74 Å². The fourth-order valence-electron chi connectivity index (χ4n) is 2.66. The summed E-state index contributed by atoms with van der Waals surface area (Å²) in [6.45, 7) is 3.79. The van der Waals surface area contributed by atoms with E-state index in [2.05, 4.69) is 33.5 Å². The Bertz CT molecular complexity index is 791. The van der Waals surface area contributed by atoms with Gasteiger partial charge in [-0.05, 0) is 23.8 Å². The number of piperazine rings is 1. The predicted octanol–water partition coefficient (Wildman–Crippen LogP) is 1.63. The van der Waals surface area contributed by atoms with Crippen LogP contribution in [0.5, 0.6) is 5.88 Å². The van der Waals surface area contributed by atoms with Crippen molar-refractivity contribution in [3.05, 3.63) is 48.5 Å². The van der Waals surface area contributed by atoms with E-state index in [4.69, 9.17) is 4.74 Å². The normalized spacial score (nSPS) is 14.6. The van der Waals surface area contributed by atoms with Gasteiger partial charge in [0.05, 0.1) is 11.7 Å². The maximum Gasteiger partial charge on any atom is 0.271 e. The molecule has 0 amide bonds. The van der Waals surface area contributed by atoms with E-state index in [9.17, 15) is 0 Å². The van der Waals surface area contributed by atoms with Gasteiger partial charge in [-0.15, -0.1) is 4.37 Å². The summed E-state index contributed by atoms with van der Waals surface area (Å²) >= 11 is 1.17. The van der Waals surface area contributed by atoms with Crippen molar-refractivity contribution in [3.8, 4) is 5.88 Å². The molecule has 9 heteroatoms. The molecule has 0 N–H and O–H groups in total. The summed E-state index contributed by atoms with van der Waals surface area (Å²) < 4.78 is 14.6. The van der Waals surface area contributed by atoms with E-state index < -0.39 is 0 Å². The molecule has 1 aliphatic heterocycles. The highest BCUT2D eigenvalue weighted by atomic mass is 32.1. The van der Waals surface area contributed by atoms with E-state index in [0.717, 1.165) is 43.5 Å². The van der Waals surface area contributed by atoms with E-state index in [1.165, 1.54) is 11.7 Å². The number of anilines is 2. The number of aromatic nitrogens is 5. The number of ether oxygens (including phenoxy) is 1. The maximum atomic E-state index is 5.86. The summed E-state index contributed by atoms with van der Waals surface area (Å²) in [5, 5.41) is 0. The first-order valence-corrected chi connectivity index (χ1v) is 8.74. The van der Waals surface area contributed by atoms with Gasteiger partial charge in [-0.3, -0.25) is 4.98 Å². The van der Waals surface area contributed by atoms with Gasteiger partial charge in [0.1, 0.15) is 6.61 Å². The number of nitrogens with zero attached hydrogens (tertiary/aromatic N) is 7. The first-order valence-electron chi connectivity index (χ1n) is 8.01. The molecular weight excluding hydrogens is 338 g/mol. The smallest absolute Gasteiger partial charge is 0.271 e. The molecular formula is C16H17N7OS. The molecule has 8 nitrogen and oxygen atoms in total. The SMILES string of the molecule is c1cnc(N2CCN(c3nsnc3OCc3ccncc3)CC2)nc1. The van der Waals surface area contributed by atoms with E-state index >= 15 is 0 Å². The summed E-state index contributed by atoms with van der Waals surface area (Å²) in [6, 6.07) is 5.68. The summed E-state index contributed by atoms with van der Waals surface area (Å²) in [6.07, 6.45) is 7.04. The highest BCUT2D eigenvalue weighted by molar-refractivity contribution is 6.99. The largest absolute Gasteiger partial charge is 0.470 e. The van der Waals surface area contributed by atoms with Gasteiger partial charge in [0.2, 0.25) is 11.8 Å². The maximum absolute atomic E-state index is 5.86. The lowest BCUT2D eigenvalue weighted by Crippen LogP contribution is -2.47. The van der Waals surface area contributed by atoms with Crippen LogP contribution in [0.1, 0.15) is 5.56 Å². The second-order valence-corrected chi connectivity index (χ2v) is 6.09. The van der Waals surface area contributed by atoms with Crippen LogP contribution >= 0.6 is 11.7 Å². The van der Waals surface area contributed by atoms with Gasteiger partial charge in [-0.1, -0.05) is 0 Å². The molecule has 3 aromatic heterocycles. The molecule has 0 spiro atoms. The van der Waals surface area contributed by atoms with E-state index in [1.807, 2.05) is 18.2 Å². The minimum atomic E-state index is 0.457. The topological polar surface area (TPSA) is 80.2 Å². The van der Waals surface area contributed by atoms with Gasteiger partial charge < -0.3 is 14.5 Å². The average Bonchev–Trinajstić information content (AvgIpc) is 3.17. The lowest BCUT2D eigenvalue weighted by atomic mass is 10.3. The van der Waals surface area contributed by atoms with Gasteiger partial charge in [0, 0.05) is 51.0 Å². The molecule has 0 unspecified atom stereocenters. The van der Waals surface area contributed by atoms with E-state index in [-0.39, 0.29) is 0 Å². The second kappa shape index (κ2) is 7.39. The van der Waals surface area contributed by atoms with Crippen LogP contribution in [0.25, 0.3) is 0 Å². The molecule has 4 heterocycles. The van der Waals surface area contributed by atoms with Crippen LogP contribution in [0.3, 0.4) is 0 Å². The molecule has 0 aromatic carbocycles. The molecule has 1 aliphatic rings. The third kappa shape index (κ3) is 3.66. The Balaban J connectivity index is 1.38. The summed E-state index contributed by atoms with van der Waals surface area (Å²) in [5.74, 6) is 2.17. The molecule has 3 aromatic rings. The zero-order valence-corrected chi connectivity index (χ0v) is 14.3. The van der Waals surface area contributed by atoms with Crippen molar-refractivity contribution >= 4 is 23.5 Å². The van der Waals surface area contributed by atoms with Crippen LogP contribution in [-0.4, -0.2) is 49.9 Å². The predicted molar refractivity (Wildman–Crippen MR) is 94.9 cm³/mol. The third-order valence-corrected chi connectivity index (χ3v) is 4.48. The zero-order chi connectivity index (χ0) is 16.9. The molecule has 0 saturated carbocycles.